The predicted molar refractivity (Wildman–Crippen MR) is 96.8 cm³/mol. The van der Waals surface area contributed by atoms with Crippen molar-refractivity contribution in [1.82, 2.24) is 10.3 Å². The fraction of sp³-hybridized carbons (Fsp3) is 0.316. The van der Waals surface area contributed by atoms with E-state index in [9.17, 15) is 9.59 Å². The summed E-state index contributed by atoms with van der Waals surface area (Å²) in [5, 5.41) is 5.54. The van der Waals surface area contributed by atoms with E-state index < -0.39 is 0 Å². The van der Waals surface area contributed by atoms with Gasteiger partial charge in [-0.2, -0.15) is 0 Å². The molecule has 6 nitrogen and oxygen atoms in total. The van der Waals surface area contributed by atoms with Crippen molar-refractivity contribution >= 4 is 17.6 Å². The largest absolute Gasteiger partial charge is 0.493 e. The predicted octanol–water partition coefficient (Wildman–Crippen LogP) is 2.94. The number of hydrogen-bond acceptors (Lipinski definition) is 4. The van der Waals surface area contributed by atoms with Crippen LogP contribution >= 0.6 is 0 Å². The van der Waals surface area contributed by atoms with Crippen molar-refractivity contribution in [2.45, 2.75) is 26.7 Å². The van der Waals surface area contributed by atoms with E-state index in [1.54, 1.807) is 30.5 Å². The number of nitrogens with zero attached hydrogens (tertiary/aromatic N) is 1. The van der Waals surface area contributed by atoms with E-state index in [-0.39, 0.29) is 11.8 Å². The number of carbonyl (C=O) groups is 2. The van der Waals surface area contributed by atoms with Gasteiger partial charge in [0.25, 0.3) is 5.91 Å². The van der Waals surface area contributed by atoms with Crippen LogP contribution in [0.4, 0.5) is 5.82 Å². The molecule has 0 spiro atoms. The van der Waals surface area contributed by atoms with Gasteiger partial charge in [-0.25, -0.2) is 4.98 Å². The van der Waals surface area contributed by atoms with Gasteiger partial charge in [0.2, 0.25) is 5.91 Å². The zero-order valence-electron chi connectivity index (χ0n) is 14.5. The van der Waals surface area contributed by atoms with Gasteiger partial charge in [0, 0.05) is 19.2 Å². The van der Waals surface area contributed by atoms with Crippen LogP contribution < -0.4 is 15.4 Å². The first kappa shape index (κ1) is 18.4. The van der Waals surface area contributed by atoms with Gasteiger partial charge < -0.3 is 15.4 Å². The molecule has 0 unspecified atom stereocenters. The molecule has 6 heteroatoms. The molecule has 0 aliphatic carbocycles. The Morgan fingerprint density at radius 1 is 1.16 bits per heavy atom. The number of anilines is 1. The first-order valence-corrected chi connectivity index (χ1v) is 8.32. The van der Waals surface area contributed by atoms with E-state index in [2.05, 4.69) is 15.6 Å². The van der Waals surface area contributed by atoms with Gasteiger partial charge in [-0.05, 0) is 44.0 Å². The van der Waals surface area contributed by atoms with Crippen LogP contribution in [0.3, 0.4) is 0 Å². The number of aryl methyl sites for hydroxylation is 1. The number of pyridine rings is 1. The van der Waals surface area contributed by atoms with Crippen LogP contribution in [-0.4, -0.2) is 29.9 Å². The van der Waals surface area contributed by atoms with Gasteiger partial charge in [0.15, 0.2) is 0 Å². The van der Waals surface area contributed by atoms with E-state index in [1.807, 2.05) is 26.0 Å². The average molecular weight is 341 g/mol. The Balaban J connectivity index is 1.74. The molecule has 1 aromatic carbocycles. The fourth-order valence-corrected chi connectivity index (χ4v) is 2.23. The van der Waals surface area contributed by atoms with Crippen molar-refractivity contribution in [1.29, 1.82) is 0 Å². The molecule has 0 radical (unpaired) electrons. The summed E-state index contributed by atoms with van der Waals surface area (Å²) < 4.78 is 5.45. The van der Waals surface area contributed by atoms with Gasteiger partial charge in [-0.3, -0.25) is 9.59 Å². The zero-order valence-corrected chi connectivity index (χ0v) is 14.5. The topological polar surface area (TPSA) is 80.3 Å². The van der Waals surface area contributed by atoms with Crippen LogP contribution in [0.15, 0.2) is 42.6 Å². The second-order valence-electron chi connectivity index (χ2n) is 5.56. The number of carbonyl (C=O) groups excluding carboxylic acids is 2. The lowest BCUT2D eigenvalue weighted by molar-refractivity contribution is -0.116. The second kappa shape index (κ2) is 9.42. The van der Waals surface area contributed by atoms with Gasteiger partial charge in [-0.15, -0.1) is 0 Å². The molecule has 0 atom stereocenters. The van der Waals surface area contributed by atoms with Gasteiger partial charge >= 0.3 is 0 Å². The minimum Gasteiger partial charge on any atom is -0.493 e. The van der Waals surface area contributed by atoms with Gasteiger partial charge in [0.05, 0.1) is 12.2 Å². The SMILES string of the molecule is CCOc1ccccc1C(=O)NCCCC(=O)Nc1ccc(C)cn1. The number of benzene rings is 1. The molecular weight excluding hydrogens is 318 g/mol. The standard InChI is InChI=1S/C19H23N3O3/c1-3-25-16-8-5-4-7-15(16)19(24)20-12-6-9-18(23)22-17-11-10-14(2)13-21-17/h4-5,7-8,10-11,13H,3,6,9,12H2,1-2H3,(H,20,24)(H,21,22,23). The molecule has 0 saturated carbocycles. The molecule has 2 aromatic rings. The summed E-state index contributed by atoms with van der Waals surface area (Å²) in [5.41, 5.74) is 1.53. The first-order chi connectivity index (χ1) is 12.1. The third-order valence-corrected chi connectivity index (χ3v) is 3.48. The Labute approximate surface area is 147 Å². The summed E-state index contributed by atoms with van der Waals surface area (Å²) in [5.74, 6) is 0.765. The second-order valence-corrected chi connectivity index (χ2v) is 5.56. The quantitative estimate of drug-likeness (QED) is 0.724. The lowest BCUT2D eigenvalue weighted by Gasteiger charge is -2.10. The minimum absolute atomic E-state index is 0.125. The maximum atomic E-state index is 12.2. The van der Waals surface area contributed by atoms with E-state index in [4.69, 9.17) is 4.74 Å². The number of para-hydroxylation sites is 1. The van der Waals surface area contributed by atoms with Crippen molar-refractivity contribution in [3.63, 3.8) is 0 Å². The van der Waals surface area contributed by atoms with Gasteiger partial charge in [0.1, 0.15) is 11.6 Å². The van der Waals surface area contributed by atoms with Crippen LogP contribution in [0, 0.1) is 6.92 Å². The molecule has 0 aliphatic heterocycles. The van der Waals surface area contributed by atoms with E-state index in [0.29, 0.717) is 43.1 Å². The Morgan fingerprint density at radius 3 is 2.68 bits per heavy atom. The number of hydrogen-bond donors (Lipinski definition) is 2. The molecule has 1 aromatic heterocycles. The number of nitrogens with one attached hydrogen (secondary N) is 2. The zero-order chi connectivity index (χ0) is 18.1. The van der Waals surface area contributed by atoms with Crippen molar-refractivity contribution in [2.24, 2.45) is 0 Å². The summed E-state index contributed by atoms with van der Waals surface area (Å²) in [4.78, 5) is 28.2. The lowest BCUT2D eigenvalue weighted by atomic mass is 10.2. The monoisotopic (exact) mass is 341 g/mol. The van der Waals surface area contributed by atoms with Gasteiger partial charge in [-0.1, -0.05) is 18.2 Å². The molecular formula is C19H23N3O3. The number of amides is 2. The maximum Gasteiger partial charge on any atom is 0.255 e. The molecule has 0 bridgehead atoms. The molecule has 0 saturated heterocycles. The summed E-state index contributed by atoms with van der Waals surface area (Å²) in [6.45, 7) is 4.72. The maximum absolute atomic E-state index is 12.2. The third-order valence-electron chi connectivity index (χ3n) is 3.48. The highest BCUT2D eigenvalue weighted by molar-refractivity contribution is 5.97. The van der Waals surface area contributed by atoms with E-state index >= 15 is 0 Å². The van der Waals surface area contributed by atoms with Crippen LogP contribution in [0.1, 0.15) is 35.7 Å². The van der Waals surface area contributed by atoms with E-state index in [1.165, 1.54) is 0 Å². The first-order valence-electron chi connectivity index (χ1n) is 8.32. The van der Waals surface area contributed by atoms with Crippen molar-refractivity contribution in [3.05, 3.63) is 53.7 Å². The number of rotatable bonds is 8. The smallest absolute Gasteiger partial charge is 0.255 e. The molecule has 0 fully saturated rings. The highest BCUT2D eigenvalue weighted by Gasteiger charge is 2.11. The Morgan fingerprint density at radius 2 is 1.96 bits per heavy atom. The third kappa shape index (κ3) is 5.91. The van der Waals surface area contributed by atoms with Crippen molar-refractivity contribution in [3.8, 4) is 5.75 Å². The lowest BCUT2D eigenvalue weighted by Crippen LogP contribution is -2.26. The Kier molecular flexibility index (Phi) is 6.95. The summed E-state index contributed by atoms with van der Waals surface area (Å²) in [7, 11) is 0. The van der Waals surface area contributed by atoms with Crippen LogP contribution in [0.2, 0.25) is 0 Å². The Bertz CT molecular complexity index is 714. The molecule has 132 valence electrons. The highest BCUT2D eigenvalue weighted by atomic mass is 16.5. The molecule has 1 heterocycles. The Hall–Kier alpha value is -2.89. The van der Waals surface area contributed by atoms with Crippen LogP contribution in [0.5, 0.6) is 5.75 Å². The molecule has 2 rings (SSSR count). The molecule has 0 aliphatic rings. The molecule has 25 heavy (non-hydrogen) atoms. The number of ether oxygens (including phenoxy) is 1. The van der Waals surface area contributed by atoms with E-state index in [0.717, 1.165) is 5.56 Å². The average Bonchev–Trinajstić information content (AvgIpc) is 2.61. The number of aromatic nitrogens is 1. The fourth-order valence-electron chi connectivity index (χ4n) is 2.23. The summed E-state index contributed by atoms with van der Waals surface area (Å²) in [6, 6.07) is 10.7. The molecule has 2 N–H and O–H groups in total. The summed E-state index contributed by atoms with van der Waals surface area (Å²) >= 11 is 0. The molecule has 2 amide bonds. The van der Waals surface area contributed by atoms with Crippen LogP contribution in [-0.2, 0) is 4.79 Å². The minimum atomic E-state index is -0.204. The van der Waals surface area contributed by atoms with Crippen molar-refractivity contribution < 1.29 is 14.3 Å². The van der Waals surface area contributed by atoms with Crippen molar-refractivity contribution in [2.75, 3.05) is 18.5 Å². The highest BCUT2D eigenvalue weighted by Crippen LogP contribution is 2.17. The normalized spacial score (nSPS) is 10.2. The van der Waals surface area contributed by atoms with Crippen LogP contribution in [0.25, 0.3) is 0 Å². The summed E-state index contributed by atoms with van der Waals surface area (Å²) in [6.07, 6.45) is 2.55.